The fourth-order valence-electron chi connectivity index (χ4n) is 8.13. The van der Waals surface area contributed by atoms with Gasteiger partial charge in [0.15, 0.2) is 11.2 Å². The largest absolute Gasteiger partial charge is 0.480 e. The monoisotopic (exact) mass is 767 g/mol. The van der Waals surface area contributed by atoms with Crippen molar-refractivity contribution in [2.75, 3.05) is 19.6 Å². The van der Waals surface area contributed by atoms with Crippen LogP contribution in [0.5, 0.6) is 5.75 Å². The molecule has 0 radical (unpaired) electrons. The Morgan fingerprint density at radius 1 is 0.911 bits per heavy atom. The van der Waals surface area contributed by atoms with Gasteiger partial charge in [0.05, 0.1) is 5.56 Å². The van der Waals surface area contributed by atoms with Gasteiger partial charge in [-0.25, -0.2) is 18.7 Å². The highest BCUT2D eigenvalue weighted by Crippen LogP contribution is 2.39. The van der Waals surface area contributed by atoms with Gasteiger partial charge >= 0.3 is 12.6 Å². The zero-order chi connectivity index (χ0) is 39.2. The van der Waals surface area contributed by atoms with Crippen LogP contribution in [0.3, 0.4) is 0 Å². The van der Waals surface area contributed by atoms with Crippen molar-refractivity contribution in [3.8, 4) is 45.9 Å². The molecule has 2 aliphatic rings. The molecule has 14 heteroatoms. The summed E-state index contributed by atoms with van der Waals surface area (Å²) in [5, 5.41) is 19.6. The van der Waals surface area contributed by atoms with Gasteiger partial charge < -0.3 is 18.7 Å². The summed E-state index contributed by atoms with van der Waals surface area (Å²) in [5.74, 6) is -1.10. The highest BCUT2D eigenvalue weighted by atomic mass is 19.3. The molecule has 2 fully saturated rings. The molecular weight excluding hydrogens is 730 g/mol. The maximum absolute atomic E-state index is 13.5. The first-order valence-electron chi connectivity index (χ1n) is 18.4. The number of nitriles is 1. The Morgan fingerprint density at radius 2 is 1.59 bits per heavy atom. The lowest BCUT2D eigenvalue weighted by atomic mass is 9.91. The van der Waals surface area contributed by atoms with E-state index in [4.69, 9.17) is 23.5 Å². The van der Waals surface area contributed by atoms with Crippen LogP contribution in [-0.4, -0.2) is 69.6 Å². The van der Waals surface area contributed by atoms with Gasteiger partial charge in [0, 0.05) is 48.3 Å². The maximum atomic E-state index is 13.5. The molecule has 1 N–H and O–H groups in total. The second kappa shape index (κ2) is 15.0. The van der Waals surface area contributed by atoms with E-state index in [9.17, 15) is 32.7 Å². The smallest absolute Gasteiger partial charge is 0.387 e. The van der Waals surface area contributed by atoms with Crippen LogP contribution in [0.4, 0.5) is 17.6 Å². The van der Waals surface area contributed by atoms with E-state index in [2.05, 4.69) is 6.07 Å². The highest BCUT2D eigenvalue weighted by Gasteiger charge is 2.32. The Balaban J connectivity index is 1.11. The van der Waals surface area contributed by atoms with E-state index in [0.717, 1.165) is 33.4 Å². The van der Waals surface area contributed by atoms with E-state index in [-0.39, 0.29) is 23.8 Å². The third kappa shape index (κ3) is 7.08. The SMILES string of the molecule is Cc1c(-c2nc3cc(CN4CCC[C@H]4C(=O)O)c(OC(F)F)cc3o2)cccc1-c1cccc(-c2nc3cc(CN4CCC(C(F)F)C4)cc(C#N)c3o2)c1C. The third-order valence-electron chi connectivity index (χ3n) is 11.0. The molecule has 0 bridgehead atoms. The van der Waals surface area contributed by atoms with Crippen molar-refractivity contribution in [2.24, 2.45) is 5.92 Å². The molecule has 56 heavy (non-hydrogen) atoms. The number of carboxylic acids is 1. The van der Waals surface area contributed by atoms with Gasteiger partial charge in [-0.05, 0) is 104 Å². The summed E-state index contributed by atoms with van der Waals surface area (Å²) in [5.41, 5.74) is 7.89. The number of hydrogen-bond acceptors (Lipinski definition) is 9. The lowest BCUT2D eigenvalue weighted by Gasteiger charge is -2.22. The number of carboxylic acid groups (broad SMARTS) is 1. The molecule has 4 aromatic carbocycles. The molecule has 288 valence electrons. The van der Waals surface area contributed by atoms with Crippen LogP contribution in [0, 0.1) is 31.1 Å². The molecule has 2 aromatic heterocycles. The Bertz CT molecular complexity index is 2510. The fraction of sp³-hybridized carbons (Fsp3) is 0.333. The Kier molecular flexibility index (Phi) is 9.98. The van der Waals surface area contributed by atoms with E-state index in [0.29, 0.717) is 84.6 Å². The third-order valence-corrected chi connectivity index (χ3v) is 11.0. The summed E-state index contributed by atoms with van der Waals surface area (Å²) in [6.07, 6.45) is -0.767. The second-order valence-electron chi connectivity index (χ2n) is 14.5. The number of hydrogen-bond donors (Lipinski definition) is 1. The van der Waals surface area contributed by atoms with Crippen LogP contribution < -0.4 is 4.74 Å². The minimum atomic E-state index is -3.09. The number of nitrogens with zero attached hydrogens (tertiary/aromatic N) is 5. The second-order valence-corrected chi connectivity index (χ2v) is 14.5. The van der Waals surface area contributed by atoms with Crippen LogP contribution in [0.25, 0.3) is 56.2 Å². The van der Waals surface area contributed by atoms with Crippen molar-refractivity contribution < 1.29 is 41.0 Å². The number of likely N-dealkylation sites (tertiary alicyclic amines) is 2. The number of alkyl halides is 4. The topological polar surface area (TPSA) is 129 Å². The Hall–Kier alpha value is -5.78. The summed E-state index contributed by atoms with van der Waals surface area (Å²) in [4.78, 5) is 25.0. The van der Waals surface area contributed by atoms with Crippen LogP contribution in [0.2, 0.25) is 0 Å². The van der Waals surface area contributed by atoms with Crippen LogP contribution in [0.1, 0.15) is 47.1 Å². The minimum Gasteiger partial charge on any atom is -0.480 e. The quantitative estimate of drug-likeness (QED) is 0.127. The van der Waals surface area contributed by atoms with Gasteiger partial charge in [-0.3, -0.25) is 14.6 Å². The predicted molar refractivity (Wildman–Crippen MR) is 199 cm³/mol. The molecular formula is C42H37F4N5O5. The first-order chi connectivity index (χ1) is 27.0. The predicted octanol–water partition coefficient (Wildman–Crippen LogP) is 9.20. The molecule has 8 rings (SSSR count). The van der Waals surface area contributed by atoms with Crippen molar-refractivity contribution in [1.29, 1.82) is 5.26 Å². The summed E-state index contributed by atoms with van der Waals surface area (Å²) in [6, 6.07) is 19.5. The molecule has 2 atom stereocenters. The first-order valence-corrected chi connectivity index (χ1v) is 18.4. The van der Waals surface area contributed by atoms with Gasteiger partial charge in [0.1, 0.15) is 28.9 Å². The number of oxazole rings is 2. The standard InChI is InChI=1S/C42H37F4N5O5/c1-22-28(6-3-8-30(22)39-48-32-16-27(21-51-12-5-10-34(51)41(52)53)35(55-42(45)46)17-36(32)54-39)29-7-4-9-31(23(29)2)40-49-33-15-24(14-26(18-47)37(33)56-40)19-50-13-11-25(20-50)38(43)44/h3-4,6-9,14-17,25,34,38,42H,5,10-13,19-21H2,1-2H3,(H,52,53)/t25?,34-/m0/s1. The first kappa shape index (κ1) is 37.2. The maximum Gasteiger partial charge on any atom is 0.387 e. The number of fused-ring (bicyclic) bond motifs is 2. The summed E-state index contributed by atoms with van der Waals surface area (Å²) >= 11 is 0. The lowest BCUT2D eigenvalue weighted by Crippen LogP contribution is -2.35. The summed E-state index contributed by atoms with van der Waals surface area (Å²) < 4.78 is 70.8. The molecule has 0 amide bonds. The average molecular weight is 768 g/mol. The Labute approximate surface area is 318 Å². The van der Waals surface area contributed by atoms with Crippen LogP contribution >= 0.6 is 0 Å². The van der Waals surface area contributed by atoms with Gasteiger partial charge in [0.25, 0.3) is 0 Å². The molecule has 10 nitrogen and oxygen atoms in total. The molecule has 6 aromatic rings. The van der Waals surface area contributed by atoms with Crippen molar-refractivity contribution in [3.05, 3.63) is 88.5 Å². The van der Waals surface area contributed by atoms with Crippen molar-refractivity contribution in [2.45, 2.75) is 65.3 Å². The van der Waals surface area contributed by atoms with Crippen molar-refractivity contribution >= 4 is 28.2 Å². The van der Waals surface area contributed by atoms with E-state index >= 15 is 0 Å². The number of aliphatic carboxylic acids is 1. The van der Waals surface area contributed by atoms with Crippen molar-refractivity contribution in [1.82, 2.24) is 19.8 Å². The molecule has 0 spiro atoms. The van der Waals surface area contributed by atoms with Gasteiger partial charge in [-0.2, -0.15) is 14.0 Å². The molecule has 2 saturated heterocycles. The number of carbonyl (C=O) groups is 1. The fourth-order valence-corrected chi connectivity index (χ4v) is 8.13. The number of aromatic nitrogens is 2. The number of benzene rings is 4. The van der Waals surface area contributed by atoms with Crippen LogP contribution in [-0.2, 0) is 17.9 Å². The molecule has 1 unspecified atom stereocenters. The van der Waals surface area contributed by atoms with E-state index in [1.54, 1.807) is 17.0 Å². The molecule has 4 heterocycles. The van der Waals surface area contributed by atoms with Crippen molar-refractivity contribution in [3.63, 3.8) is 0 Å². The molecule has 2 aliphatic heterocycles. The average Bonchev–Trinajstić information content (AvgIpc) is 3.98. The zero-order valence-electron chi connectivity index (χ0n) is 30.6. The van der Waals surface area contributed by atoms with Crippen LogP contribution in [0.15, 0.2) is 69.5 Å². The highest BCUT2D eigenvalue weighted by molar-refractivity contribution is 5.86. The Morgan fingerprint density at radius 3 is 2.23 bits per heavy atom. The van der Waals surface area contributed by atoms with E-state index in [1.807, 2.05) is 61.2 Å². The summed E-state index contributed by atoms with van der Waals surface area (Å²) in [6.45, 7) is 2.70. The number of halogens is 4. The molecule has 0 saturated carbocycles. The molecule has 0 aliphatic carbocycles. The number of ether oxygens (including phenoxy) is 1. The van der Waals surface area contributed by atoms with E-state index in [1.165, 1.54) is 6.07 Å². The lowest BCUT2D eigenvalue weighted by molar-refractivity contribution is -0.142. The minimum absolute atomic E-state index is 0.100. The van der Waals surface area contributed by atoms with Gasteiger partial charge in [0.2, 0.25) is 18.2 Å². The van der Waals surface area contributed by atoms with E-state index < -0.39 is 31.0 Å². The van der Waals surface area contributed by atoms with Gasteiger partial charge in [-0.15, -0.1) is 0 Å². The number of rotatable bonds is 11. The normalized spacial score (nSPS) is 17.8. The summed E-state index contributed by atoms with van der Waals surface area (Å²) in [7, 11) is 0. The van der Waals surface area contributed by atoms with Gasteiger partial charge in [-0.1, -0.05) is 24.3 Å². The zero-order valence-corrected chi connectivity index (χ0v) is 30.6.